The Kier molecular flexibility index (Phi) is 4.17. The van der Waals surface area contributed by atoms with Crippen LogP contribution in [0.5, 0.6) is 0 Å². The van der Waals surface area contributed by atoms with Crippen LogP contribution < -0.4 is 5.32 Å². The van der Waals surface area contributed by atoms with Crippen LogP contribution in [-0.4, -0.2) is 37.8 Å². The Labute approximate surface area is 190 Å². The summed E-state index contributed by atoms with van der Waals surface area (Å²) in [4.78, 5) is 36.0. The number of anilines is 1. The van der Waals surface area contributed by atoms with Gasteiger partial charge in [0.2, 0.25) is 5.91 Å². The molecule has 0 bridgehead atoms. The van der Waals surface area contributed by atoms with E-state index < -0.39 is 0 Å². The molecular weight excluding hydrogens is 414 g/mol. The quantitative estimate of drug-likeness (QED) is 0.504. The topological polar surface area (TPSA) is 80.1 Å². The lowest BCUT2D eigenvalue weighted by atomic mass is 9.84. The normalized spacial score (nSPS) is 17.6. The van der Waals surface area contributed by atoms with Crippen LogP contribution in [0.1, 0.15) is 43.9 Å². The van der Waals surface area contributed by atoms with Crippen LogP contribution in [0.3, 0.4) is 0 Å². The second-order valence-corrected chi connectivity index (χ2v) is 8.95. The van der Waals surface area contributed by atoms with Gasteiger partial charge in [0.1, 0.15) is 0 Å². The number of rotatable bonds is 2. The third-order valence-electron chi connectivity index (χ3n) is 6.65. The first-order valence-electron chi connectivity index (χ1n) is 11.1. The van der Waals surface area contributed by atoms with E-state index in [-0.39, 0.29) is 30.3 Å². The van der Waals surface area contributed by atoms with Gasteiger partial charge >= 0.3 is 0 Å². The van der Waals surface area contributed by atoms with Crippen molar-refractivity contribution in [1.29, 1.82) is 0 Å². The van der Waals surface area contributed by atoms with Crippen molar-refractivity contribution in [2.24, 2.45) is 0 Å². The average molecular weight is 438 g/mol. The average Bonchev–Trinajstić information content (AvgIpc) is 3.29. The Morgan fingerprint density at radius 2 is 1.91 bits per heavy atom. The van der Waals surface area contributed by atoms with Crippen LogP contribution in [0.25, 0.3) is 21.9 Å². The first-order valence-corrected chi connectivity index (χ1v) is 11.1. The summed E-state index contributed by atoms with van der Waals surface area (Å²) in [6.07, 6.45) is 5.50. The summed E-state index contributed by atoms with van der Waals surface area (Å²) in [5.41, 5.74) is 7.05. The number of nitrogens with one attached hydrogen (secondary N) is 1. The zero-order valence-corrected chi connectivity index (χ0v) is 18.7. The van der Waals surface area contributed by atoms with Crippen LogP contribution >= 0.6 is 0 Å². The molecule has 4 aromatic rings. The largest absolute Gasteiger partial charge is 0.356 e. The fourth-order valence-electron chi connectivity index (χ4n) is 5.17. The summed E-state index contributed by atoms with van der Waals surface area (Å²) in [5, 5.41) is 4.62. The predicted octanol–water partition coefficient (Wildman–Crippen LogP) is 4.37. The van der Waals surface area contributed by atoms with Crippen LogP contribution in [0.2, 0.25) is 0 Å². The Morgan fingerprint density at radius 3 is 2.67 bits per heavy atom. The number of carbonyl (C=O) groups excluding carboxylic acids is 2. The van der Waals surface area contributed by atoms with Gasteiger partial charge in [-0.1, -0.05) is 12.1 Å². The van der Waals surface area contributed by atoms with Gasteiger partial charge in [0.25, 0.3) is 5.91 Å². The summed E-state index contributed by atoms with van der Waals surface area (Å²) < 4.78 is 2.25. The third kappa shape index (κ3) is 2.81. The Hall–Kier alpha value is -4.00. The van der Waals surface area contributed by atoms with E-state index in [9.17, 15) is 9.59 Å². The lowest BCUT2D eigenvalue weighted by molar-refractivity contribution is -0.139. The van der Waals surface area contributed by atoms with E-state index in [1.54, 1.807) is 12.4 Å². The van der Waals surface area contributed by atoms with Crippen molar-refractivity contribution in [3.05, 3.63) is 77.4 Å². The molecule has 0 saturated carbocycles. The summed E-state index contributed by atoms with van der Waals surface area (Å²) in [6.45, 7) is 5.99. The van der Waals surface area contributed by atoms with E-state index in [1.807, 2.05) is 30.3 Å². The van der Waals surface area contributed by atoms with Crippen molar-refractivity contribution < 1.29 is 9.59 Å². The first kappa shape index (κ1) is 19.7. The number of amides is 2. The highest BCUT2D eigenvalue weighted by Crippen LogP contribution is 2.47. The smallest absolute Gasteiger partial charge is 0.259 e. The molecule has 2 amide bonds. The van der Waals surface area contributed by atoms with Crippen LogP contribution in [0, 0.1) is 0 Å². The molecule has 0 spiro atoms. The zero-order chi connectivity index (χ0) is 22.9. The Bertz CT molecular complexity index is 1510. The van der Waals surface area contributed by atoms with Gasteiger partial charge in [-0.15, -0.1) is 0 Å². The molecule has 2 aliphatic rings. The summed E-state index contributed by atoms with van der Waals surface area (Å²) in [5.74, 6) is -0.828. The maximum absolute atomic E-state index is 13.6. The number of nitrogens with zero attached hydrogens (tertiary/aromatic N) is 4. The van der Waals surface area contributed by atoms with E-state index in [2.05, 4.69) is 46.0 Å². The first-order chi connectivity index (χ1) is 15.9. The predicted molar refractivity (Wildman–Crippen MR) is 127 cm³/mol. The Morgan fingerprint density at radius 1 is 1.12 bits per heavy atom. The van der Waals surface area contributed by atoms with Crippen LogP contribution in [0.15, 0.2) is 66.3 Å². The molecule has 164 valence electrons. The van der Waals surface area contributed by atoms with Gasteiger partial charge in [-0.2, -0.15) is 0 Å². The lowest BCUT2D eigenvalue weighted by Crippen LogP contribution is -2.33. The summed E-state index contributed by atoms with van der Waals surface area (Å²) >= 11 is 0. The molecule has 0 radical (unpaired) electrons. The molecule has 7 nitrogen and oxygen atoms in total. The van der Waals surface area contributed by atoms with Crippen molar-refractivity contribution in [3.8, 4) is 0 Å². The molecule has 33 heavy (non-hydrogen) atoms. The minimum absolute atomic E-state index is 0.243. The molecule has 2 aliphatic heterocycles. The molecule has 1 atom stereocenters. The van der Waals surface area contributed by atoms with E-state index >= 15 is 0 Å². The molecule has 6 rings (SSSR count). The minimum atomic E-state index is -0.332. The number of fused-ring (bicyclic) bond motifs is 1. The number of carbonyl (C=O) groups is 2. The highest BCUT2D eigenvalue weighted by atomic mass is 16.2. The second kappa shape index (κ2) is 7.00. The number of hydrogen-bond donors (Lipinski definition) is 1. The van der Waals surface area contributed by atoms with Crippen LogP contribution in [0.4, 0.5) is 5.69 Å². The molecule has 0 saturated heterocycles. The number of hydrogen-bond acceptors (Lipinski definition) is 5. The fourth-order valence-corrected chi connectivity index (χ4v) is 5.17. The minimum Gasteiger partial charge on any atom is -0.356 e. The zero-order valence-electron chi connectivity index (χ0n) is 18.7. The standard InChI is InChI=1S/C26H23N5O2/c1-14(2)30-12-17-23(16-7-8-18-20(11-16)28-10-9-27-18)25-21(13-31(15(3)32)26(25)33)29-19-5-4-6-22(30)24(17)19/h4-12,14,23,29H,13H2,1-3H3. The third-order valence-corrected chi connectivity index (χ3v) is 6.65. The molecule has 1 N–H and O–H groups in total. The van der Waals surface area contributed by atoms with Crippen molar-refractivity contribution in [2.75, 3.05) is 11.9 Å². The van der Waals surface area contributed by atoms with Crippen molar-refractivity contribution in [1.82, 2.24) is 19.4 Å². The highest BCUT2D eigenvalue weighted by Gasteiger charge is 2.41. The molecular formula is C26H23N5O2. The second-order valence-electron chi connectivity index (χ2n) is 8.95. The van der Waals surface area contributed by atoms with Crippen molar-refractivity contribution in [3.63, 3.8) is 0 Å². The monoisotopic (exact) mass is 437 g/mol. The van der Waals surface area contributed by atoms with E-state index in [4.69, 9.17) is 0 Å². The molecule has 7 heteroatoms. The van der Waals surface area contributed by atoms with Gasteiger partial charge in [0.15, 0.2) is 0 Å². The Balaban J connectivity index is 1.67. The van der Waals surface area contributed by atoms with Gasteiger partial charge in [0, 0.05) is 54.2 Å². The van der Waals surface area contributed by atoms with Gasteiger partial charge in [-0.25, -0.2) is 0 Å². The van der Waals surface area contributed by atoms with E-state index in [1.165, 1.54) is 11.8 Å². The van der Waals surface area contributed by atoms with Gasteiger partial charge in [0.05, 0.1) is 28.7 Å². The maximum atomic E-state index is 13.6. The number of aromatic nitrogens is 3. The molecule has 2 aromatic heterocycles. The van der Waals surface area contributed by atoms with Crippen molar-refractivity contribution in [2.45, 2.75) is 32.7 Å². The number of benzene rings is 2. The lowest BCUT2D eigenvalue weighted by Gasteiger charge is -2.20. The number of imide groups is 1. The van der Waals surface area contributed by atoms with Crippen molar-refractivity contribution >= 4 is 39.4 Å². The molecule has 4 heterocycles. The maximum Gasteiger partial charge on any atom is 0.259 e. The van der Waals surface area contributed by atoms with Crippen LogP contribution in [-0.2, 0) is 9.59 Å². The van der Waals surface area contributed by atoms with Gasteiger partial charge in [-0.05, 0) is 49.2 Å². The van der Waals surface area contributed by atoms with Gasteiger partial charge in [-0.3, -0.25) is 24.5 Å². The molecule has 0 aliphatic carbocycles. The SMILES string of the molecule is CC(=O)N1CC2=C(C1=O)C(c1ccc3nccnc3c1)c1cn(C(C)C)c3cccc(c13)N2. The summed E-state index contributed by atoms with van der Waals surface area (Å²) in [7, 11) is 0. The van der Waals surface area contributed by atoms with E-state index in [0.29, 0.717) is 5.57 Å². The molecule has 0 fully saturated rings. The van der Waals surface area contributed by atoms with E-state index in [0.717, 1.165) is 44.4 Å². The highest BCUT2D eigenvalue weighted by molar-refractivity contribution is 6.11. The molecule has 1 unspecified atom stereocenters. The fraction of sp³-hybridized carbons (Fsp3) is 0.231. The molecule has 2 aromatic carbocycles. The van der Waals surface area contributed by atoms with Gasteiger partial charge < -0.3 is 9.88 Å². The summed E-state index contributed by atoms with van der Waals surface area (Å²) in [6, 6.07) is 12.4.